The van der Waals surface area contributed by atoms with Crippen molar-refractivity contribution in [1.82, 2.24) is 14.8 Å². The normalized spacial score (nSPS) is 13.0. The second kappa shape index (κ2) is 7.02. The van der Waals surface area contributed by atoms with Crippen LogP contribution in [0.2, 0.25) is 10.2 Å². The van der Waals surface area contributed by atoms with Gasteiger partial charge in [0.1, 0.15) is 10.7 Å². The molecule has 0 bridgehead atoms. The van der Waals surface area contributed by atoms with E-state index in [2.05, 4.69) is 5.10 Å². The van der Waals surface area contributed by atoms with E-state index in [1.54, 1.807) is 37.3 Å². The highest BCUT2D eigenvalue weighted by Crippen LogP contribution is 2.28. The molecular weight excluding hydrogens is 417 g/mol. The van der Waals surface area contributed by atoms with Gasteiger partial charge in [-0.15, -0.1) is 0 Å². The summed E-state index contributed by atoms with van der Waals surface area (Å²) in [5, 5.41) is 5.19. The molecule has 1 aliphatic rings. The Morgan fingerprint density at radius 1 is 1.00 bits per heavy atom. The molecule has 0 N–H and O–H groups in total. The van der Waals surface area contributed by atoms with Crippen LogP contribution in [0.4, 0.5) is 0 Å². The van der Waals surface area contributed by atoms with Gasteiger partial charge in [0.25, 0.3) is 11.8 Å². The molecule has 9 heteroatoms. The molecule has 0 unspecified atom stereocenters. The minimum atomic E-state index is -0.966. The zero-order valence-corrected chi connectivity index (χ0v) is 16.8. The van der Waals surface area contributed by atoms with E-state index in [-0.39, 0.29) is 27.5 Å². The highest BCUT2D eigenvalue weighted by Gasteiger charge is 2.39. The van der Waals surface area contributed by atoms with Crippen molar-refractivity contribution in [2.45, 2.75) is 13.8 Å². The first-order valence-electron chi connectivity index (χ1n) is 8.51. The number of aromatic nitrogens is 2. The maximum atomic E-state index is 12.7. The Labute approximate surface area is 175 Å². The summed E-state index contributed by atoms with van der Waals surface area (Å²) in [7, 11) is 0. The number of nitrogens with zero attached hydrogens (tertiary/aromatic N) is 3. The SMILES string of the molecule is Cc1ccc(-n2nc(C)c(C(=O)ON3C(=O)c4ccccc4C3=O)c2Cl)cc1Cl. The summed E-state index contributed by atoms with van der Waals surface area (Å²) in [6, 6.07) is 11.4. The summed E-state index contributed by atoms with van der Waals surface area (Å²) >= 11 is 12.5. The Bertz CT molecular complexity index is 1170. The molecule has 3 aromatic rings. The minimum Gasteiger partial charge on any atom is -0.324 e. The van der Waals surface area contributed by atoms with Crippen LogP contribution in [-0.4, -0.2) is 32.6 Å². The van der Waals surface area contributed by atoms with E-state index >= 15 is 0 Å². The second-order valence-electron chi connectivity index (χ2n) is 6.43. The van der Waals surface area contributed by atoms with Crippen molar-refractivity contribution >= 4 is 41.0 Å². The Kier molecular flexibility index (Phi) is 4.64. The van der Waals surface area contributed by atoms with E-state index in [1.165, 1.54) is 16.8 Å². The summed E-state index contributed by atoms with van der Waals surface area (Å²) in [4.78, 5) is 42.6. The molecule has 7 nitrogen and oxygen atoms in total. The van der Waals surface area contributed by atoms with Gasteiger partial charge in [0.2, 0.25) is 0 Å². The third-order valence-corrected chi connectivity index (χ3v) is 5.30. The predicted molar refractivity (Wildman–Crippen MR) is 105 cm³/mol. The molecule has 2 amide bonds. The minimum absolute atomic E-state index is 0.0240. The summed E-state index contributed by atoms with van der Waals surface area (Å²) < 4.78 is 1.33. The fourth-order valence-corrected chi connectivity index (χ4v) is 3.52. The molecule has 1 aromatic heterocycles. The van der Waals surface area contributed by atoms with Gasteiger partial charge >= 0.3 is 5.97 Å². The zero-order chi connectivity index (χ0) is 20.9. The Hall–Kier alpha value is -3.16. The summed E-state index contributed by atoms with van der Waals surface area (Å²) in [6.07, 6.45) is 0. The largest absolute Gasteiger partial charge is 0.368 e. The highest BCUT2D eigenvalue weighted by atomic mass is 35.5. The number of hydroxylamine groups is 2. The lowest BCUT2D eigenvalue weighted by molar-refractivity contribution is -0.0585. The first-order valence-corrected chi connectivity index (χ1v) is 9.27. The van der Waals surface area contributed by atoms with Crippen molar-refractivity contribution < 1.29 is 19.2 Å². The topological polar surface area (TPSA) is 81.5 Å². The van der Waals surface area contributed by atoms with Crippen molar-refractivity contribution in [1.29, 1.82) is 0 Å². The molecule has 4 rings (SSSR count). The molecule has 0 atom stereocenters. The standard InChI is InChI=1S/C20H13Cl2N3O4/c1-10-7-8-12(9-15(10)21)24-17(22)16(11(2)23-24)20(28)29-25-18(26)13-5-3-4-6-14(13)19(25)27/h3-9H,1-2H3. The van der Waals surface area contributed by atoms with E-state index < -0.39 is 17.8 Å². The van der Waals surface area contributed by atoms with Crippen LogP contribution in [-0.2, 0) is 4.84 Å². The monoisotopic (exact) mass is 429 g/mol. The molecule has 2 heterocycles. The van der Waals surface area contributed by atoms with E-state index in [4.69, 9.17) is 28.0 Å². The fraction of sp³-hybridized carbons (Fsp3) is 0.100. The fourth-order valence-electron chi connectivity index (χ4n) is 2.99. The van der Waals surface area contributed by atoms with Crippen LogP contribution < -0.4 is 0 Å². The van der Waals surface area contributed by atoms with Gasteiger partial charge in [-0.25, -0.2) is 9.48 Å². The second-order valence-corrected chi connectivity index (χ2v) is 7.19. The number of benzene rings is 2. The number of halogens is 2. The van der Waals surface area contributed by atoms with Crippen LogP contribution in [0.15, 0.2) is 42.5 Å². The Morgan fingerprint density at radius 3 is 2.21 bits per heavy atom. The van der Waals surface area contributed by atoms with Crippen LogP contribution in [0.3, 0.4) is 0 Å². The maximum absolute atomic E-state index is 12.7. The maximum Gasteiger partial charge on any atom is 0.368 e. The number of carbonyl (C=O) groups excluding carboxylic acids is 3. The van der Waals surface area contributed by atoms with Gasteiger partial charge in [0, 0.05) is 5.02 Å². The van der Waals surface area contributed by atoms with Gasteiger partial charge < -0.3 is 4.84 Å². The number of hydrogen-bond acceptors (Lipinski definition) is 5. The zero-order valence-electron chi connectivity index (χ0n) is 15.3. The smallest absolute Gasteiger partial charge is 0.324 e. The van der Waals surface area contributed by atoms with Gasteiger partial charge in [-0.1, -0.05) is 46.5 Å². The van der Waals surface area contributed by atoms with E-state index in [0.29, 0.717) is 15.8 Å². The van der Waals surface area contributed by atoms with Crippen molar-refractivity contribution in [2.75, 3.05) is 0 Å². The average Bonchev–Trinajstić information content (AvgIpc) is 3.12. The summed E-state index contributed by atoms with van der Waals surface area (Å²) in [5.41, 5.74) is 1.97. The first-order chi connectivity index (χ1) is 13.8. The van der Waals surface area contributed by atoms with Crippen LogP contribution >= 0.6 is 23.2 Å². The molecule has 2 aromatic carbocycles. The molecule has 146 valence electrons. The molecule has 0 saturated carbocycles. The molecule has 0 radical (unpaired) electrons. The van der Waals surface area contributed by atoms with Crippen LogP contribution in [0, 0.1) is 13.8 Å². The third-order valence-electron chi connectivity index (χ3n) is 4.54. The van der Waals surface area contributed by atoms with Gasteiger partial charge in [-0.05, 0) is 43.7 Å². The number of imide groups is 1. The predicted octanol–water partition coefficient (Wildman–Crippen LogP) is 4.16. The molecule has 0 aliphatic carbocycles. The molecule has 0 fully saturated rings. The summed E-state index contributed by atoms with van der Waals surface area (Å²) in [5.74, 6) is -2.40. The number of carbonyl (C=O) groups is 3. The lowest BCUT2D eigenvalue weighted by atomic mass is 10.1. The van der Waals surface area contributed by atoms with E-state index in [0.717, 1.165) is 5.56 Å². The number of hydrogen-bond donors (Lipinski definition) is 0. The molecule has 29 heavy (non-hydrogen) atoms. The van der Waals surface area contributed by atoms with Crippen LogP contribution in [0.1, 0.15) is 42.3 Å². The van der Waals surface area contributed by atoms with Crippen LogP contribution in [0.5, 0.6) is 0 Å². The van der Waals surface area contributed by atoms with E-state index in [9.17, 15) is 14.4 Å². The number of rotatable bonds is 3. The number of amides is 2. The molecular formula is C20H13Cl2N3O4. The van der Waals surface area contributed by atoms with Crippen LogP contribution in [0.25, 0.3) is 5.69 Å². The van der Waals surface area contributed by atoms with Gasteiger partial charge in [-0.3, -0.25) is 9.59 Å². The van der Waals surface area contributed by atoms with E-state index in [1.807, 2.05) is 6.92 Å². The number of fused-ring (bicyclic) bond motifs is 1. The highest BCUT2D eigenvalue weighted by molar-refractivity contribution is 6.33. The van der Waals surface area contributed by atoms with Crippen molar-refractivity contribution in [3.8, 4) is 5.69 Å². The number of aryl methyl sites for hydroxylation is 2. The van der Waals surface area contributed by atoms with Gasteiger partial charge in [0.15, 0.2) is 0 Å². The molecule has 0 saturated heterocycles. The van der Waals surface area contributed by atoms with Gasteiger partial charge in [0.05, 0.1) is 22.5 Å². The quantitative estimate of drug-likeness (QED) is 0.583. The van der Waals surface area contributed by atoms with Crippen molar-refractivity contribution in [3.63, 3.8) is 0 Å². The summed E-state index contributed by atoms with van der Waals surface area (Å²) in [6.45, 7) is 3.42. The third kappa shape index (κ3) is 3.08. The molecule has 1 aliphatic heterocycles. The Morgan fingerprint density at radius 2 is 1.62 bits per heavy atom. The van der Waals surface area contributed by atoms with Crippen molar-refractivity contribution in [3.05, 3.63) is 80.6 Å². The molecule has 0 spiro atoms. The first kappa shape index (κ1) is 19.2. The van der Waals surface area contributed by atoms with Gasteiger partial charge in [-0.2, -0.15) is 5.10 Å². The Balaban J connectivity index is 1.65. The van der Waals surface area contributed by atoms with Crippen molar-refractivity contribution in [2.24, 2.45) is 0 Å². The lowest BCUT2D eigenvalue weighted by Gasteiger charge is -2.12. The lowest BCUT2D eigenvalue weighted by Crippen LogP contribution is -2.32. The average molecular weight is 430 g/mol.